The lowest BCUT2D eigenvalue weighted by atomic mass is 9.70. The van der Waals surface area contributed by atoms with E-state index < -0.39 is 40.1 Å². The maximum absolute atomic E-state index is 13.8. The Morgan fingerprint density at radius 2 is 0.708 bits per heavy atom. The zero-order valence-electron chi connectivity index (χ0n) is 43.5. The van der Waals surface area contributed by atoms with Crippen molar-refractivity contribution in [2.24, 2.45) is 11.3 Å². The van der Waals surface area contributed by atoms with Gasteiger partial charge in [-0.1, -0.05) is 168 Å². The van der Waals surface area contributed by atoms with Crippen LogP contribution in [0.1, 0.15) is 201 Å². The number of aryl methyl sites for hydroxylation is 2. The molecule has 0 radical (unpaired) electrons. The van der Waals surface area contributed by atoms with Gasteiger partial charge in [-0.15, -0.1) is 0 Å². The summed E-state index contributed by atoms with van der Waals surface area (Å²) < 4.78 is 12.1. The molecule has 0 amide bonds. The lowest BCUT2D eigenvalue weighted by Crippen LogP contribution is -2.45. The molecule has 3 rings (SSSR count). The number of esters is 2. The molecule has 9 heteroatoms. The minimum absolute atomic E-state index is 0.0108. The van der Waals surface area contributed by atoms with Crippen molar-refractivity contribution in [3.05, 3.63) is 86.5 Å². The lowest BCUT2D eigenvalue weighted by Gasteiger charge is -2.37. The third-order valence-electron chi connectivity index (χ3n) is 12.8. The molecule has 4 N–H and O–H groups in total. The van der Waals surface area contributed by atoms with Crippen LogP contribution in [0, 0.1) is 11.3 Å². The van der Waals surface area contributed by atoms with Gasteiger partial charge in [0.05, 0.1) is 11.3 Å². The van der Waals surface area contributed by atoms with E-state index in [0.717, 1.165) is 33.4 Å². The van der Waals surface area contributed by atoms with Gasteiger partial charge in [0.2, 0.25) is 0 Å². The van der Waals surface area contributed by atoms with Crippen molar-refractivity contribution in [3.63, 3.8) is 0 Å². The van der Waals surface area contributed by atoms with E-state index in [1.807, 2.05) is 168 Å². The second kappa shape index (κ2) is 19.7. The van der Waals surface area contributed by atoms with Crippen molar-refractivity contribution in [1.82, 2.24) is 0 Å². The van der Waals surface area contributed by atoms with Gasteiger partial charge in [0, 0.05) is 12.8 Å². The number of aliphatic carboxylic acids is 1. The molecular weight excluding hydrogens is 817 g/mol. The minimum Gasteiger partial charge on any atom is -0.507 e. The Balaban J connectivity index is 2.05. The number of benzene rings is 3. The van der Waals surface area contributed by atoms with E-state index in [9.17, 15) is 34.8 Å². The van der Waals surface area contributed by atoms with Crippen molar-refractivity contribution in [2.45, 2.75) is 203 Å². The molecule has 0 saturated heterocycles. The van der Waals surface area contributed by atoms with E-state index >= 15 is 0 Å². The van der Waals surface area contributed by atoms with Gasteiger partial charge < -0.3 is 29.9 Å². The molecule has 0 fully saturated rings. The van der Waals surface area contributed by atoms with Crippen LogP contribution in [0.25, 0.3) is 0 Å². The minimum atomic E-state index is -1.33. The smallest absolute Gasteiger partial charge is 0.307 e. The van der Waals surface area contributed by atoms with E-state index in [0.29, 0.717) is 29.5 Å². The summed E-state index contributed by atoms with van der Waals surface area (Å²) in [4.78, 5) is 41.1. The molecule has 0 heterocycles. The molecule has 9 nitrogen and oxygen atoms in total. The molecule has 0 bridgehead atoms. The molecule has 1 unspecified atom stereocenters. The monoisotopic (exact) mass is 901 g/mol. The first-order valence-electron chi connectivity index (χ1n) is 23.5. The van der Waals surface area contributed by atoms with Crippen LogP contribution in [-0.2, 0) is 75.6 Å². The number of phenols is 3. The molecular formula is C56H84O9. The molecule has 0 aliphatic rings. The van der Waals surface area contributed by atoms with Crippen LogP contribution in [0.2, 0.25) is 0 Å². The number of rotatable bonds is 15. The summed E-state index contributed by atoms with van der Waals surface area (Å²) in [5.74, 6) is -2.63. The third kappa shape index (κ3) is 14.0. The number of carboxylic acid groups (broad SMARTS) is 1. The molecule has 65 heavy (non-hydrogen) atoms. The Morgan fingerprint density at radius 3 is 0.923 bits per heavy atom. The van der Waals surface area contributed by atoms with Gasteiger partial charge in [-0.05, 0) is 108 Å². The molecule has 362 valence electrons. The average molecular weight is 901 g/mol. The van der Waals surface area contributed by atoms with Crippen LogP contribution in [0.3, 0.4) is 0 Å². The standard InChI is InChI=1S/C56H84O9/c1-20-56(43(49(62)63)31-36-29-41(54(14,15)16)48(61)42(30-36)55(17,18)19,32-64-44(57)23-21-34-25-37(50(2,3)4)46(59)38(26-34)51(5,6)7)33-65-45(58)24-22-35-27-39(52(8,9)10)47(60)40(28-35)53(11,12)13/h25-30,43,59-61H,20-24,31-33H2,1-19H3,(H,62,63). The molecule has 0 spiro atoms. The second-order valence-corrected chi connectivity index (χ2v) is 24.8. The predicted octanol–water partition coefficient (Wildman–Crippen LogP) is 12.6. The van der Waals surface area contributed by atoms with Gasteiger partial charge in [-0.3, -0.25) is 14.4 Å². The second-order valence-electron chi connectivity index (χ2n) is 24.8. The number of hydrogen-bond donors (Lipinski definition) is 4. The number of carboxylic acids is 1. The SMILES string of the molecule is CCC(COC(=O)CCc1cc(C(C)(C)C)c(O)c(C(C)(C)C)c1)(COC(=O)CCc1cc(C(C)(C)C)c(O)c(C(C)(C)C)c1)C(Cc1cc(C(C)(C)C)c(O)c(C(C)(C)C)c1)C(=O)O. The quantitative estimate of drug-likeness (QED) is 0.109. The van der Waals surface area contributed by atoms with Gasteiger partial charge in [0.25, 0.3) is 0 Å². The number of carbonyl (C=O) groups is 3. The van der Waals surface area contributed by atoms with Gasteiger partial charge in [-0.2, -0.15) is 0 Å². The highest BCUT2D eigenvalue weighted by molar-refractivity contribution is 5.73. The van der Waals surface area contributed by atoms with E-state index in [-0.39, 0.29) is 77.8 Å². The van der Waals surface area contributed by atoms with Crippen molar-refractivity contribution in [3.8, 4) is 17.2 Å². The van der Waals surface area contributed by atoms with Crippen LogP contribution >= 0.6 is 0 Å². The molecule has 0 aliphatic heterocycles. The normalized spacial score (nSPS) is 13.7. The topological polar surface area (TPSA) is 151 Å². The first kappa shape index (κ1) is 54.8. The lowest BCUT2D eigenvalue weighted by molar-refractivity contribution is -0.166. The maximum Gasteiger partial charge on any atom is 0.307 e. The Labute approximate surface area is 391 Å². The highest BCUT2D eigenvalue weighted by atomic mass is 16.5. The van der Waals surface area contributed by atoms with Crippen LogP contribution in [-0.4, -0.2) is 51.5 Å². The third-order valence-corrected chi connectivity index (χ3v) is 12.8. The number of aromatic hydroxyl groups is 3. The van der Waals surface area contributed by atoms with Crippen LogP contribution < -0.4 is 0 Å². The Hall–Kier alpha value is -4.53. The first-order chi connectivity index (χ1) is 29.3. The molecule has 3 aromatic carbocycles. The zero-order valence-corrected chi connectivity index (χ0v) is 43.5. The van der Waals surface area contributed by atoms with Crippen molar-refractivity contribution in [2.75, 3.05) is 13.2 Å². The van der Waals surface area contributed by atoms with E-state index in [2.05, 4.69) is 0 Å². The van der Waals surface area contributed by atoms with Gasteiger partial charge in [-0.25, -0.2) is 0 Å². The average Bonchev–Trinajstić information content (AvgIpc) is 3.14. The summed E-state index contributed by atoms with van der Waals surface area (Å²) in [6.45, 7) is 37.6. The highest BCUT2D eigenvalue weighted by Crippen LogP contribution is 2.44. The van der Waals surface area contributed by atoms with Crippen LogP contribution in [0.5, 0.6) is 17.2 Å². The number of hydrogen-bond acceptors (Lipinski definition) is 8. The Morgan fingerprint density at radius 1 is 0.462 bits per heavy atom. The summed E-state index contributed by atoms with van der Waals surface area (Å²) in [6, 6.07) is 11.5. The fourth-order valence-electron chi connectivity index (χ4n) is 8.50. The summed E-state index contributed by atoms with van der Waals surface area (Å²) in [7, 11) is 0. The highest BCUT2D eigenvalue weighted by Gasteiger charge is 2.45. The molecule has 3 aromatic rings. The number of carbonyl (C=O) groups excluding carboxylic acids is 2. The van der Waals surface area contributed by atoms with Crippen molar-refractivity contribution in [1.29, 1.82) is 0 Å². The van der Waals surface area contributed by atoms with Crippen LogP contribution in [0.15, 0.2) is 36.4 Å². The Bertz CT molecular complexity index is 1980. The fourth-order valence-corrected chi connectivity index (χ4v) is 8.50. The van der Waals surface area contributed by atoms with E-state index in [4.69, 9.17) is 9.47 Å². The van der Waals surface area contributed by atoms with E-state index in [1.54, 1.807) is 0 Å². The number of ether oxygens (including phenoxy) is 2. The molecule has 1 atom stereocenters. The van der Waals surface area contributed by atoms with Crippen LogP contribution in [0.4, 0.5) is 0 Å². The zero-order chi connectivity index (χ0) is 50.1. The largest absolute Gasteiger partial charge is 0.507 e. The summed E-state index contributed by atoms with van der Waals surface area (Å²) in [6.07, 6.45) is 0.942. The molecule has 0 aromatic heterocycles. The fraction of sp³-hybridized carbons (Fsp3) is 0.625. The van der Waals surface area contributed by atoms with Gasteiger partial charge in [0.1, 0.15) is 30.5 Å². The van der Waals surface area contributed by atoms with Crippen molar-refractivity contribution >= 4 is 17.9 Å². The number of phenolic OH excluding ortho intramolecular Hbond substituents is 3. The van der Waals surface area contributed by atoms with Crippen molar-refractivity contribution < 1.29 is 44.3 Å². The summed E-state index contributed by atoms with van der Waals surface area (Å²) in [5.41, 5.74) is 3.37. The molecule has 0 aliphatic carbocycles. The molecule has 0 saturated carbocycles. The van der Waals surface area contributed by atoms with Gasteiger partial charge >= 0.3 is 17.9 Å². The van der Waals surface area contributed by atoms with Gasteiger partial charge in [0.15, 0.2) is 0 Å². The first-order valence-corrected chi connectivity index (χ1v) is 23.5. The Kier molecular flexibility index (Phi) is 16.6. The maximum atomic E-state index is 13.8. The summed E-state index contributed by atoms with van der Waals surface area (Å²) in [5, 5.41) is 45.1. The van der Waals surface area contributed by atoms with E-state index in [1.165, 1.54) is 0 Å². The summed E-state index contributed by atoms with van der Waals surface area (Å²) >= 11 is 0. The predicted molar refractivity (Wildman–Crippen MR) is 263 cm³/mol.